The Morgan fingerprint density at radius 2 is 2.03 bits per heavy atom. The smallest absolute Gasteiger partial charge is 0.240 e. The van der Waals surface area contributed by atoms with Crippen molar-refractivity contribution < 1.29 is 19.0 Å². The Bertz CT molecular complexity index is 700. The van der Waals surface area contributed by atoms with Gasteiger partial charge in [0.05, 0.1) is 12.6 Å². The molecular formula is C22H32FN3O3. The van der Waals surface area contributed by atoms with Crippen LogP contribution < -0.4 is 4.74 Å². The van der Waals surface area contributed by atoms with Gasteiger partial charge in [0.15, 0.2) is 0 Å². The van der Waals surface area contributed by atoms with Crippen LogP contribution >= 0.6 is 0 Å². The normalized spacial score (nSPS) is 26.9. The molecule has 2 aliphatic heterocycles. The fraction of sp³-hybridized carbons (Fsp3) is 0.682. The van der Waals surface area contributed by atoms with Crippen molar-refractivity contribution in [2.45, 2.75) is 50.3 Å². The van der Waals surface area contributed by atoms with Crippen molar-refractivity contribution in [1.82, 2.24) is 14.7 Å². The van der Waals surface area contributed by atoms with Crippen LogP contribution in [0.3, 0.4) is 0 Å². The van der Waals surface area contributed by atoms with Gasteiger partial charge in [-0.25, -0.2) is 4.39 Å². The van der Waals surface area contributed by atoms with Crippen molar-refractivity contribution in [3.8, 4) is 5.75 Å². The summed E-state index contributed by atoms with van der Waals surface area (Å²) in [6.07, 6.45) is 5.31. The minimum Gasteiger partial charge on any atom is -0.489 e. The van der Waals surface area contributed by atoms with Crippen LogP contribution in [-0.2, 0) is 4.79 Å². The number of carbonyl (C=O) groups is 1. The zero-order valence-electron chi connectivity index (χ0n) is 17.0. The molecule has 1 aromatic carbocycles. The van der Waals surface area contributed by atoms with Gasteiger partial charge in [-0.3, -0.25) is 14.6 Å². The lowest BCUT2D eigenvalue weighted by molar-refractivity contribution is -0.136. The van der Waals surface area contributed by atoms with E-state index in [1.807, 2.05) is 9.80 Å². The first-order valence-electron chi connectivity index (χ1n) is 10.9. The number of β-amino-alcohol motifs (C(OH)–C–C–N with tert-alkyl or cyclic N) is 1. The van der Waals surface area contributed by atoms with Crippen LogP contribution in [0.5, 0.6) is 5.75 Å². The highest BCUT2D eigenvalue weighted by Gasteiger charge is 2.40. The second-order valence-corrected chi connectivity index (χ2v) is 8.47. The van der Waals surface area contributed by atoms with Crippen LogP contribution in [0.4, 0.5) is 4.39 Å². The summed E-state index contributed by atoms with van der Waals surface area (Å²) in [5.41, 5.74) is 0. The van der Waals surface area contributed by atoms with Gasteiger partial charge < -0.3 is 14.7 Å². The Morgan fingerprint density at radius 3 is 2.76 bits per heavy atom. The highest BCUT2D eigenvalue weighted by molar-refractivity contribution is 5.82. The Kier molecular flexibility index (Phi) is 6.67. The van der Waals surface area contributed by atoms with Crippen molar-refractivity contribution in [3.63, 3.8) is 0 Å². The van der Waals surface area contributed by atoms with Gasteiger partial charge in [0.2, 0.25) is 5.91 Å². The van der Waals surface area contributed by atoms with E-state index < -0.39 is 0 Å². The zero-order chi connectivity index (χ0) is 20.2. The van der Waals surface area contributed by atoms with Gasteiger partial charge in [-0.05, 0) is 31.4 Å². The van der Waals surface area contributed by atoms with E-state index in [2.05, 4.69) is 4.90 Å². The summed E-state index contributed by atoms with van der Waals surface area (Å²) in [4.78, 5) is 19.9. The molecule has 1 aromatic rings. The maximum Gasteiger partial charge on any atom is 0.240 e. The van der Waals surface area contributed by atoms with Crippen molar-refractivity contribution >= 4 is 5.91 Å². The van der Waals surface area contributed by atoms with E-state index in [4.69, 9.17) is 4.74 Å². The van der Waals surface area contributed by atoms with Crippen LogP contribution in [0.1, 0.15) is 32.1 Å². The molecule has 7 heteroatoms. The van der Waals surface area contributed by atoms with Gasteiger partial charge in [0, 0.05) is 57.8 Å². The minimum absolute atomic E-state index is 0.00588. The molecule has 1 saturated carbocycles. The number of aliphatic hydroxyl groups is 1. The molecular weight excluding hydrogens is 373 g/mol. The van der Waals surface area contributed by atoms with E-state index in [1.54, 1.807) is 12.1 Å². The summed E-state index contributed by atoms with van der Waals surface area (Å²) in [5, 5.41) is 9.46. The number of ether oxygens (including phenoxy) is 1. The summed E-state index contributed by atoms with van der Waals surface area (Å²) >= 11 is 0. The molecule has 160 valence electrons. The van der Waals surface area contributed by atoms with Crippen molar-refractivity contribution in [3.05, 3.63) is 30.1 Å². The SMILES string of the molecule is O=C([C@H]1C[C@H](Oc2cccc(F)c2)CN1CCO)N1CCCN(C2CCC2)CC1. The molecule has 0 unspecified atom stereocenters. The highest BCUT2D eigenvalue weighted by Crippen LogP contribution is 2.27. The number of nitrogens with zero attached hydrogens (tertiary/aromatic N) is 3. The van der Waals surface area contributed by atoms with Crippen LogP contribution in [0.2, 0.25) is 0 Å². The summed E-state index contributed by atoms with van der Waals surface area (Å²) in [6, 6.07) is 6.55. The first-order chi connectivity index (χ1) is 14.1. The topological polar surface area (TPSA) is 56.2 Å². The van der Waals surface area contributed by atoms with E-state index in [1.165, 1.54) is 31.4 Å². The van der Waals surface area contributed by atoms with E-state index >= 15 is 0 Å². The molecule has 0 bridgehead atoms. The van der Waals surface area contributed by atoms with Crippen LogP contribution in [0.25, 0.3) is 0 Å². The van der Waals surface area contributed by atoms with Crippen LogP contribution in [-0.4, -0.2) is 89.8 Å². The molecule has 6 nitrogen and oxygen atoms in total. The fourth-order valence-electron chi connectivity index (χ4n) is 4.80. The van der Waals surface area contributed by atoms with E-state index in [0.29, 0.717) is 31.3 Å². The predicted octanol–water partition coefficient (Wildman–Crippen LogP) is 1.73. The van der Waals surface area contributed by atoms with Gasteiger partial charge in [-0.15, -0.1) is 0 Å². The molecule has 0 radical (unpaired) electrons. The molecule has 0 spiro atoms. The largest absolute Gasteiger partial charge is 0.489 e. The Hall–Kier alpha value is -1.70. The molecule has 1 aliphatic carbocycles. The van der Waals surface area contributed by atoms with Gasteiger partial charge in [0.25, 0.3) is 0 Å². The van der Waals surface area contributed by atoms with Gasteiger partial charge in [-0.2, -0.15) is 0 Å². The van der Waals surface area contributed by atoms with E-state index in [0.717, 1.165) is 32.6 Å². The van der Waals surface area contributed by atoms with E-state index in [9.17, 15) is 14.3 Å². The number of likely N-dealkylation sites (tertiary alicyclic amines) is 1. The maximum absolute atomic E-state index is 13.5. The number of amides is 1. The molecule has 2 saturated heterocycles. The van der Waals surface area contributed by atoms with Gasteiger partial charge in [0.1, 0.15) is 17.7 Å². The lowest BCUT2D eigenvalue weighted by Gasteiger charge is -2.36. The number of benzene rings is 1. The Morgan fingerprint density at radius 1 is 1.17 bits per heavy atom. The number of carbonyl (C=O) groups excluding carboxylic acids is 1. The van der Waals surface area contributed by atoms with Crippen molar-refractivity contribution in [1.29, 1.82) is 0 Å². The lowest BCUT2D eigenvalue weighted by atomic mass is 9.91. The summed E-state index contributed by atoms with van der Waals surface area (Å²) in [5.74, 6) is 0.290. The minimum atomic E-state index is -0.332. The first-order valence-corrected chi connectivity index (χ1v) is 10.9. The quantitative estimate of drug-likeness (QED) is 0.781. The second kappa shape index (κ2) is 9.41. The Balaban J connectivity index is 1.37. The van der Waals surface area contributed by atoms with Crippen molar-refractivity contribution in [2.24, 2.45) is 0 Å². The highest BCUT2D eigenvalue weighted by atomic mass is 19.1. The van der Waals surface area contributed by atoms with Crippen LogP contribution in [0.15, 0.2) is 24.3 Å². The van der Waals surface area contributed by atoms with Crippen LogP contribution in [0, 0.1) is 5.82 Å². The molecule has 3 aliphatic rings. The number of rotatable bonds is 6. The molecule has 1 N–H and O–H groups in total. The average Bonchev–Trinajstić information content (AvgIpc) is 2.89. The molecule has 2 atom stereocenters. The molecule has 3 fully saturated rings. The molecule has 0 aromatic heterocycles. The summed E-state index contributed by atoms with van der Waals surface area (Å²) < 4.78 is 19.4. The molecule has 1 amide bonds. The average molecular weight is 406 g/mol. The number of aliphatic hydroxyl groups excluding tert-OH is 1. The molecule has 4 rings (SSSR count). The molecule has 29 heavy (non-hydrogen) atoms. The zero-order valence-corrected chi connectivity index (χ0v) is 17.0. The van der Waals surface area contributed by atoms with E-state index in [-0.39, 0.29) is 30.5 Å². The predicted molar refractivity (Wildman–Crippen MR) is 108 cm³/mol. The standard InChI is InChI=1S/C22H32FN3O3/c23-17-4-1-7-19(14-17)29-20-15-21(26(16-20)12-13-27)22(28)25-9-3-8-24(10-11-25)18-5-2-6-18/h1,4,7,14,18,20-21,27H,2-3,5-6,8-13,15-16H2/t20-,21+/m0/s1. The third kappa shape index (κ3) is 4.90. The number of hydrogen-bond acceptors (Lipinski definition) is 5. The Labute approximate surface area is 172 Å². The second-order valence-electron chi connectivity index (χ2n) is 8.47. The monoisotopic (exact) mass is 405 g/mol. The summed E-state index contributed by atoms with van der Waals surface area (Å²) in [7, 11) is 0. The molecule has 2 heterocycles. The lowest BCUT2D eigenvalue weighted by Crippen LogP contribution is -2.48. The fourth-order valence-corrected chi connectivity index (χ4v) is 4.80. The number of halogens is 1. The third-order valence-corrected chi connectivity index (χ3v) is 6.57. The first kappa shape index (κ1) is 20.6. The maximum atomic E-state index is 13.5. The van der Waals surface area contributed by atoms with Gasteiger partial charge >= 0.3 is 0 Å². The van der Waals surface area contributed by atoms with Gasteiger partial charge in [-0.1, -0.05) is 12.5 Å². The third-order valence-electron chi connectivity index (χ3n) is 6.57. The summed E-state index contributed by atoms with van der Waals surface area (Å²) in [6.45, 7) is 4.61. The van der Waals surface area contributed by atoms with Crippen molar-refractivity contribution in [2.75, 3.05) is 45.9 Å². The number of hydrogen-bond donors (Lipinski definition) is 1.